The Morgan fingerprint density at radius 2 is 1.71 bits per heavy atom. The first-order valence-corrected chi connectivity index (χ1v) is 6.04. The zero-order chi connectivity index (χ0) is 8.44. The van der Waals surface area contributed by atoms with Crippen molar-refractivity contribution in [3.63, 3.8) is 0 Å². The van der Waals surface area contributed by atoms with Crippen molar-refractivity contribution in [2.75, 3.05) is 0 Å². The number of allylic oxidation sites excluding steroid dienone is 2. The number of hydrogen-bond acceptors (Lipinski definition) is 0. The molecule has 1 aromatic rings. The van der Waals surface area contributed by atoms with Crippen LogP contribution < -0.4 is 0 Å². The second-order valence-corrected chi connectivity index (χ2v) is 7.00. The Kier molecular flexibility index (Phi) is 6.50. The topological polar surface area (TPSA) is 0 Å². The van der Waals surface area contributed by atoms with E-state index in [4.69, 9.17) is 0 Å². The van der Waals surface area contributed by atoms with Crippen molar-refractivity contribution in [1.82, 2.24) is 0 Å². The van der Waals surface area contributed by atoms with Crippen molar-refractivity contribution in [1.29, 1.82) is 0 Å². The monoisotopic (exact) mass is 321 g/mol. The standard InChI is InChI=1S/C10H8P.2ClH.Zr/c1-2-5-9(6-3-1)10-7-4-8-11-10;;;/h1-8H;2*1H;. The Morgan fingerprint density at radius 1 is 1.07 bits per heavy atom. The van der Waals surface area contributed by atoms with Gasteiger partial charge in [-0.05, 0) is 0 Å². The van der Waals surface area contributed by atoms with Gasteiger partial charge in [-0.25, -0.2) is 0 Å². The van der Waals surface area contributed by atoms with Crippen molar-refractivity contribution in [2.24, 2.45) is 0 Å². The van der Waals surface area contributed by atoms with Crippen molar-refractivity contribution in [3.05, 3.63) is 48.0 Å². The second-order valence-electron chi connectivity index (χ2n) is 2.77. The van der Waals surface area contributed by atoms with Gasteiger partial charge in [-0.2, -0.15) is 0 Å². The Morgan fingerprint density at radius 3 is 2.21 bits per heavy atom. The van der Waals surface area contributed by atoms with Crippen LogP contribution in [-0.4, -0.2) is 5.80 Å². The van der Waals surface area contributed by atoms with Crippen LogP contribution in [0.1, 0.15) is 5.56 Å². The summed E-state index contributed by atoms with van der Waals surface area (Å²) in [6.45, 7) is 0. The van der Waals surface area contributed by atoms with Crippen molar-refractivity contribution >= 4 is 38.8 Å². The SMILES string of the molecule is Cl.Cl.[Zr][C]1(c2ccccc2)C=CC=P1. The Hall–Kier alpha value is 0.593. The molecule has 73 valence electrons. The summed E-state index contributed by atoms with van der Waals surface area (Å²) in [5.74, 6) is 2.22. The van der Waals surface area contributed by atoms with Crippen LogP contribution in [0, 0.1) is 0 Å². The third-order valence-corrected chi connectivity index (χ3v) is 5.12. The first-order chi connectivity index (χ1) is 5.81. The molecule has 0 amide bonds. The molecule has 14 heavy (non-hydrogen) atoms. The molecule has 0 N–H and O–H groups in total. The van der Waals surface area contributed by atoms with Crippen LogP contribution in [0.2, 0.25) is 0 Å². The molecule has 0 radical (unpaired) electrons. The molecule has 0 aromatic heterocycles. The molecule has 1 unspecified atom stereocenters. The van der Waals surface area contributed by atoms with Crippen molar-refractivity contribution < 1.29 is 24.7 Å². The number of rotatable bonds is 1. The van der Waals surface area contributed by atoms with Gasteiger partial charge in [-0.1, -0.05) is 0 Å². The molecule has 1 atom stereocenters. The predicted molar refractivity (Wildman–Crippen MR) is 64.7 cm³/mol. The predicted octanol–water partition coefficient (Wildman–Crippen LogP) is 3.55. The normalized spacial score (nSPS) is 23.6. The Labute approximate surface area is 114 Å². The van der Waals surface area contributed by atoms with Crippen molar-refractivity contribution in [3.8, 4) is 0 Å². The van der Waals surface area contributed by atoms with Crippen LogP contribution in [-0.2, 0) is 27.6 Å². The third-order valence-electron chi connectivity index (χ3n) is 1.92. The van der Waals surface area contributed by atoms with Gasteiger partial charge in [0, 0.05) is 0 Å². The van der Waals surface area contributed by atoms with E-state index in [1.54, 1.807) is 24.7 Å². The number of hydrogen-bond donors (Lipinski definition) is 0. The van der Waals surface area contributed by atoms with Crippen LogP contribution in [0.4, 0.5) is 0 Å². The first-order valence-electron chi connectivity index (χ1n) is 3.85. The fraction of sp³-hybridized carbons (Fsp3) is 0.100. The summed E-state index contributed by atoms with van der Waals surface area (Å²) in [6.07, 6.45) is 4.48. The van der Waals surface area contributed by atoms with Gasteiger partial charge in [0.15, 0.2) is 0 Å². The first kappa shape index (κ1) is 14.6. The molecule has 1 heterocycles. The van der Waals surface area contributed by atoms with E-state index in [-0.39, 0.29) is 24.8 Å². The third kappa shape index (κ3) is 3.04. The van der Waals surface area contributed by atoms with Crippen LogP contribution >= 0.6 is 33.0 Å². The van der Waals surface area contributed by atoms with Gasteiger partial charge >= 0.3 is 89.6 Å². The molecule has 1 aliphatic heterocycles. The maximum atomic E-state index is 2.31. The molecular formula is C10H10Cl2PZr. The maximum absolute atomic E-state index is 2.31. The molecule has 1 aromatic carbocycles. The Bertz CT molecular complexity index is 323. The second kappa shape index (κ2) is 6.24. The van der Waals surface area contributed by atoms with E-state index in [1.165, 1.54) is 13.8 Å². The minimum absolute atomic E-state index is 0. The van der Waals surface area contributed by atoms with Crippen LogP contribution in [0.3, 0.4) is 0 Å². The molecule has 0 fully saturated rings. The molecule has 4 heteroatoms. The van der Waals surface area contributed by atoms with E-state index >= 15 is 0 Å². The fourth-order valence-corrected chi connectivity index (χ4v) is 3.32. The molecule has 2 rings (SSSR count). The van der Waals surface area contributed by atoms with E-state index < -0.39 is 0 Å². The molecule has 0 nitrogen and oxygen atoms in total. The molecular weight excluding hydrogens is 313 g/mol. The van der Waals surface area contributed by atoms with Gasteiger partial charge in [0.2, 0.25) is 0 Å². The summed E-state index contributed by atoms with van der Waals surface area (Å²) in [6, 6.07) is 10.7. The van der Waals surface area contributed by atoms with Gasteiger partial charge in [-0.15, -0.1) is 24.8 Å². The minimum atomic E-state index is 0. The molecule has 1 aliphatic rings. The quantitative estimate of drug-likeness (QED) is 0.694. The van der Waals surface area contributed by atoms with Crippen LogP contribution in [0.5, 0.6) is 0 Å². The molecule has 0 bridgehead atoms. The summed E-state index contributed by atoms with van der Waals surface area (Å²) in [5, 5.41) is 0. The van der Waals surface area contributed by atoms with Gasteiger partial charge < -0.3 is 0 Å². The van der Waals surface area contributed by atoms with E-state index in [1.807, 2.05) is 0 Å². The number of benzene rings is 1. The van der Waals surface area contributed by atoms with E-state index in [9.17, 15) is 0 Å². The summed E-state index contributed by atoms with van der Waals surface area (Å²) in [7, 11) is 1.42. The van der Waals surface area contributed by atoms with Crippen LogP contribution in [0.25, 0.3) is 0 Å². The number of halogens is 2. The van der Waals surface area contributed by atoms with E-state index in [0.29, 0.717) is 2.86 Å². The average molecular weight is 323 g/mol. The summed E-state index contributed by atoms with van der Waals surface area (Å²) >= 11 is 1.57. The zero-order valence-electron chi connectivity index (χ0n) is 7.38. The molecule has 0 aliphatic carbocycles. The van der Waals surface area contributed by atoms with Gasteiger partial charge in [0.05, 0.1) is 0 Å². The summed E-state index contributed by atoms with van der Waals surface area (Å²) in [5.41, 5.74) is 1.44. The molecule has 0 saturated heterocycles. The van der Waals surface area contributed by atoms with Gasteiger partial charge in [0.1, 0.15) is 0 Å². The average Bonchev–Trinajstić information content (AvgIpc) is 2.55. The van der Waals surface area contributed by atoms with Crippen molar-refractivity contribution in [2.45, 2.75) is 2.86 Å². The van der Waals surface area contributed by atoms with Gasteiger partial charge in [0.25, 0.3) is 0 Å². The zero-order valence-corrected chi connectivity index (χ0v) is 12.4. The Balaban J connectivity index is 0.000000845. The van der Waals surface area contributed by atoms with E-state index in [2.05, 4.69) is 48.3 Å². The molecule has 0 saturated carbocycles. The fourth-order valence-electron chi connectivity index (χ4n) is 1.25. The van der Waals surface area contributed by atoms with Gasteiger partial charge in [-0.3, -0.25) is 0 Å². The molecule has 0 spiro atoms. The summed E-state index contributed by atoms with van der Waals surface area (Å²) < 4.78 is 0.313. The van der Waals surface area contributed by atoms with Crippen LogP contribution in [0.15, 0.2) is 42.5 Å². The van der Waals surface area contributed by atoms with E-state index in [0.717, 1.165) is 0 Å². The summed E-state index contributed by atoms with van der Waals surface area (Å²) in [4.78, 5) is 0.